The Labute approximate surface area is 132 Å². The van der Waals surface area contributed by atoms with E-state index in [2.05, 4.69) is 37.1 Å². The maximum atomic E-state index is 6.02. The second kappa shape index (κ2) is 7.26. The van der Waals surface area contributed by atoms with Gasteiger partial charge in [-0.25, -0.2) is 0 Å². The molecule has 2 nitrogen and oxygen atoms in total. The molecule has 0 saturated carbocycles. The lowest BCUT2D eigenvalue weighted by molar-refractivity contribution is 0.0718. The van der Waals surface area contributed by atoms with Crippen molar-refractivity contribution in [3.05, 3.63) is 21.3 Å². The molecule has 1 N–H and O–H groups in total. The van der Waals surface area contributed by atoms with E-state index in [-0.39, 0.29) is 0 Å². The van der Waals surface area contributed by atoms with Gasteiger partial charge in [-0.3, -0.25) is 4.90 Å². The van der Waals surface area contributed by atoms with Crippen molar-refractivity contribution in [3.63, 3.8) is 0 Å². The van der Waals surface area contributed by atoms with E-state index in [0.29, 0.717) is 11.6 Å². The number of halogens is 1. The van der Waals surface area contributed by atoms with Gasteiger partial charge >= 0.3 is 0 Å². The molecule has 0 aromatic carbocycles. The molecule has 1 aromatic heterocycles. The maximum Gasteiger partial charge on any atom is 0.0931 e. The first kappa shape index (κ1) is 16.3. The van der Waals surface area contributed by atoms with Gasteiger partial charge in [-0.15, -0.1) is 11.3 Å². The van der Waals surface area contributed by atoms with Crippen LogP contribution in [0.1, 0.15) is 44.9 Å². The predicted molar refractivity (Wildman–Crippen MR) is 90.0 cm³/mol. The van der Waals surface area contributed by atoms with Gasteiger partial charge in [-0.05, 0) is 37.8 Å². The van der Waals surface area contributed by atoms with Gasteiger partial charge in [0.2, 0.25) is 0 Å². The maximum absolute atomic E-state index is 6.02. The zero-order valence-corrected chi connectivity index (χ0v) is 14.5. The van der Waals surface area contributed by atoms with E-state index >= 15 is 0 Å². The van der Waals surface area contributed by atoms with Crippen LogP contribution in [-0.2, 0) is 6.42 Å². The third kappa shape index (κ3) is 3.76. The SMILES string of the molecule is CCC1CNC(CC)(CC)CN1CCc1ccc(Cl)s1. The third-order valence-electron chi connectivity index (χ3n) is 4.83. The van der Waals surface area contributed by atoms with E-state index in [9.17, 15) is 0 Å². The van der Waals surface area contributed by atoms with Gasteiger partial charge in [0.25, 0.3) is 0 Å². The first-order valence-corrected chi connectivity index (χ1v) is 9.05. The molecule has 1 aliphatic rings. The summed E-state index contributed by atoms with van der Waals surface area (Å²) in [4.78, 5) is 4.10. The molecule has 0 bridgehead atoms. The summed E-state index contributed by atoms with van der Waals surface area (Å²) in [6, 6.07) is 4.86. The summed E-state index contributed by atoms with van der Waals surface area (Å²) in [6.45, 7) is 10.4. The van der Waals surface area contributed by atoms with Crippen LogP contribution >= 0.6 is 22.9 Å². The molecule has 2 heterocycles. The minimum atomic E-state index is 0.318. The molecule has 2 rings (SSSR count). The van der Waals surface area contributed by atoms with Crippen LogP contribution in [0.4, 0.5) is 0 Å². The standard InChI is InChI=1S/C16H27ClN2S/c1-4-13-11-18-16(5-2,6-3)12-19(13)10-9-14-7-8-15(17)20-14/h7-8,13,18H,4-6,9-12H2,1-3H3. The summed E-state index contributed by atoms with van der Waals surface area (Å²) in [6.07, 6.45) is 4.77. The van der Waals surface area contributed by atoms with Crippen LogP contribution in [-0.4, -0.2) is 36.1 Å². The van der Waals surface area contributed by atoms with Crippen molar-refractivity contribution in [2.75, 3.05) is 19.6 Å². The topological polar surface area (TPSA) is 15.3 Å². The summed E-state index contributed by atoms with van der Waals surface area (Å²) in [5, 5.41) is 3.81. The Morgan fingerprint density at radius 2 is 2.10 bits per heavy atom. The average molecular weight is 315 g/mol. The van der Waals surface area contributed by atoms with Crippen LogP contribution in [0.5, 0.6) is 0 Å². The number of thiophene rings is 1. The molecule has 1 atom stereocenters. The molecule has 1 aliphatic heterocycles. The highest BCUT2D eigenvalue weighted by atomic mass is 35.5. The van der Waals surface area contributed by atoms with E-state index in [1.807, 2.05) is 6.07 Å². The molecule has 20 heavy (non-hydrogen) atoms. The second-order valence-corrected chi connectivity index (χ2v) is 7.66. The quantitative estimate of drug-likeness (QED) is 0.847. The summed E-state index contributed by atoms with van der Waals surface area (Å²) in [5.41, 5.74) is 0.318. The fraction of sp³-hybridized carbons (Fsp3) is 0.750. The lowest BCUT2D eigenvalue weighted by Crippen LogP contribution is -2.63. The normalized spacial score (nSPS) is 23.1. The van der Waals surface area contributed by atoms with Gasteiger partial charge in [-0.1, -0.05) is 32.4 Å². The number of rotatable bonds is 6. The van der Waals surface area contributed by atoms with E-state index < -0.39 is 0 Å². The Balaban J connectivity index is 1.98. The Hall–Kier alpha value is -0.0900. The van der Waals surface area contributed by atoms with E-state index in [1.54, 1.807) is 11.3 Å². The Bertz CT molecular complexity index is 414. The van der Waals surface area contributed by atoms with Crippen LogP contribution in [0.15, 0.2) is 12.1 Å². The van der Waals surface area contributed by atoms with E-state index in [4.69, 9.17) is 11.6 Å². The Kier molecular flexibility index (Phi) is 5.91. The number of nitrogens with one attached hydrogen (secondary N) is 1. The van der Waals surface area contributed by atoms with Crippen molar-refractivity contribution in [2.24, 2.45) is 0 Å². The number of piperazine rings is 1. The molecular formula is C16H27ClN2S. The number of hydrogen-bond donors (Lipinski definition) is 1. The second-order valence-electron chi connectivity index (χ2n) is 5.86. The van der Waals surface area contributed by atoms with Crippen LogP contribution in [0.3, 0.4) is 0 Å². The molecule has 0 amide bonds. The van der Waals surface area contributed by atoms with Gasteiger partial charge in [0.15, 0.2) is 0 Å². The highest BCUT2D eigenvalue weighted by molar-refractivity contribution is 7.16. The van der Waals surface area contributed by atoms with Gasteiger partial charge in [0, 0.05) is 36.1 Å². The lowest BCUT2D eigenvalue weighted by Gasteiger charge is -2.47. The molecule has 1 saturated heterocycles. The van der Waals surface area contributed by atoms with Crippen LogP contribution in [0, 0.1) is 0 Å². The van der Waals surface area contributed by atoms with Crippen LogP contribution in [0.2, 0.25) is 4.34 Å². The van der Waals surface area contributed by atoms with Crippen LogP contribution in [0.25, 0.3) is 0 Å². The molecule has 1 unspecified atom stereocenters. The molecule has 1 fully saturated rings. The Morgan fingerprint density at radius 3 is 2.65 bits per heavy atom. The minimum Gasteiger partial charge on any atom is -0.308 e. The van der Waals surface area contributed by atoms with Gasteiger partial charge < -0.3 is 5.32 Å². The minimum absolute atomic E-state index is 0.318. The monoisotopic (exact) mass is 314 g/mol. The first-order chi connectivity index (χ1) is 9.62. The van der Waals surface area contributed by atoms with Crippen molar-refractivity contribution in [1.82, 2.24) is 10.2 Å². The van der Waals surface area contributed by atoms with Crippen molar-refractivity contribution < 1.29 is 0 Å². The average Bonchev–Trinajstić information content (AvgIpc) is 2.90. The zero-order chi connectivity index (χ0) is 14.6. The fourth-order valence-electron chi connectivity index (χ4n) is 3.16. The zero-order valence-electron chi connectivity index (χ0n) is 12.9. The molecule has 0 aliphatic carbocycles. The molecule has 4 heteroatoms. The molecule has 1 aromatic rings. The number of hydrogen-bond acceptors (Lipinski definition) is 3. The molecule has 114 valence electrons. The highest BCUT2D eigenvalue weighted by Crippen LogP contribution is 2.26. The highest BCUT2D eigenvalue weighted by Gasteiger charge is 2.35. The van der Waals surface area contributed by atoms with Crippen LogP contribution < -0.4 is 5.32 Å². The first-order valence-electron chi connectivity index (χ1n) is 7.85. The lowest BCUT2D eigenvalue weighted by atomic mass is 9.88. The number of nitrogens with zero attached hydrogens (tertiary/aromatic N) is 1. The molecule has 0 spiro atoms. The summed E-state index contributed by atoms with van der Waals surface area (Å²) < 4.78 is 0.906. The largest absolute Gasteiger partial charge is 0.308 e. The summed E-state index contributed by atoms with van der Waals surface area (Å²) in [7, 11) is 0. The van der Waals surface area contributed by atoms with Gasteiger partial charge in [-0.2, -0.15) is 0 Å². The predicted octanol–water partition coefficient (Wildman–Crippen LogP) is 4.19. The molecule has 0 radical (unpaired) electrons. The van der Waals surface area contributed by atoms with Gasteiger partial charge in [0.05, 0.1) is 4.34 Å². The summed E-state index contributed by atoms with van der Waals surface area (Å²) in [5.74, 6) is 0. The van der Waals surface area contributed by atoms with Crippen molar-refractivity contribution in [2.45, 2.75) is 58.0 Å². The van der Waals surface area contributed by atoms with Gasteiger partial charge in [0.1, 0.15) is 0 Å². The third-order valence-corrected chi connectivity index (χ3v) is 6.12. The smallest absolute Gasteiger partial charge is 0.0931 e. The van der Waals surface area contributed by atoms with Crippen molar-refractivity contribution >= 4 is 22.9 Å². The van der Waals surface area contributed by atoms with Crippen molar-refractivity contribution in [3.8, 4) is 0 Å². The fourth-order valence-corrected chi connectivity index (χ4v) is 4.24. The van der Waals surface area contributed by atoms with Crippen molar-refractivity contribution in [1.29, 1.82) is 0 Å². The van der Waals surface area contributed by atoms with E-state index in [1.165, 1.54) is 30.7 Å². The van der Waals surface area contributed by atoms with E-state index in [0.717, 1.165) is 23.8 Å². The molecular weight excluding hydrogens is 288 g/mol. The summed E-state index contributed by atoms with van der Waals surface area (Å²) >= 11 is 7.74. The Morgan fingerprint density at radius 1 is 1.35 bits per heavy atom.